The summed E-state index contributed by atoms with van der Waals surface area (Å²) in [6.45, 7) is 8.40. The predicted molar refractivity (Wildman–Crippen MR) is 72.0 cm³/mol. The molecule has 1 aromatic rings. The van der Waals surface area contributed by atoms with Crippen LogP contribution < -0.4 is 4.74 Å². The number of aliphatic carboxylic acids is 1. The van der Waals surface area contributed by atoms with Crippen molar-refractivity contribution < 1.29 is 14.6 Å². The Morgan fingerprint density at radius 2 is 1.94 bits per heavy atom. The molecule has 1 aromatic carbocycles. The minimum Gasteiger partial charge on any atom is -0.489 e. The molecule has 0 heterocycles. The lowest BCUT2D eigenvalue weighted by Crippen LogP contribution is -2.14. The zero-order chi connectivity index (χ0) is 13.8. The molecule has 0 aliphatic carbocycles. The van der Waals surface area contributed by atoms with Crippen LogP contribution >= 0.6 is 0 Å². The van der Waals surface area contributed by atoms with Gasteiger partial charge in [0, 0.05) is 6.08 Å². The van der Waals surface area contributed by atoms with Gasteiger partial charge in [0.2, 0.25) is 0 Å². The van der Waals surface area contributed by atoms with Crippen LogP contribution in [-0.4, -0.2) is 17.7 Å². The summed E-state index contributed by atoms with van der Waals surface area (Å²) in [5.74, 6) is -0.136. The molecule has 0 aliphatic heterocycles. The van der Waals surface area contributed by atoms with Gasteiger partial charge in [-0.3, -0.25) is 0 Å². The number of carbonyl (C=O) groups is 1. The van der Waals surface area contributed by atoms with E-state index in [1.54, 1.807) is 6.92 Å². The van der Waals surface area contributed by atoms with E-state index >= 15 is 0 Å². The number of ether oxygens (including phenoxy) is 1. The predicted octanol–water partition coefficient (Wildman–Crippen LogP) is 3.39. The molecule has 0 aliphatic rings. The number of rotatable bonds is 4. The van der Waals surface area contributed by atoms with Crippen LogP contribution in [0.3, 0.4) is 0 Å². The van der Waals surface area contributed by atoms with E-state index in [1.165, 1.54) is 6.08 Å². The van der Waals surface area contributed by atoms with Gasteiger partial charge in [0.05, 0.1) is 0 Å². The van der Waals surface area contributed by atoms with Gasteiger partial charge in [-0.05, 0) is 29.5 Å². The fraction of sp³-hybridized carbons (Fsp3) is 0.400. The van der Waals surface area contributed by atoms with Gasteiger partial charge >= 0.3 is 5.97 Å². The Bertz CT molecular complexity index is 453. The molecule has 3 heteroatoms. The minimum absolute atomic E-state index is 0.00100. The number of para-hydroxylation sites is 1. The van der Waals surface area contributed by atoms with E-state index < -0.39 is 5.97 Å². The van der Waals surface area contributed by atoms with Crippen molar-refractivity contribution in [2.45, 2.75) is 33.1 Å². The molecule has 0 atom stereocenters. The zero-order valence-corrected chi connectivity index (χ0v) is 11.4. The van der Waals surface area contributed by atoms with Gasteiger partial charge in [-0.1, -0.05) is 39.0 Å². The van der Waals surface area contributed by atoms with Gasteiger partial charge in [0.15, 0.2) is 0 Å². The minimum atomic E-state index is -0.944. The zero-order valence-electron chi connectivity index (χ0n) is 11.4. The molecule has 0 saturated heterocycles. The summed E-state index contributed by atoms with van der Waals surface area (Å²) in [4.78, 5) is 10.5. The fourth-order valence-corrected chi connectivity index (χ4v) is 1.66. The number of hydrogen-bond donors (Lipinski definition) is 1. The van der Waals surface area contributed by atoms with Gasteiger partial charge in [-0.15, -0.1) is 0 Å². The third-order valence-electron chi connectivity index (χ3n) is 2.52. The smallest absolute Gasteiger partial charge is 0.328 e. The lowest BCUT2D eigenvalue weighted by Gasteiger charge is -2.22. The Morgan fingerprint density at radius 3 is 2.50 bits per heavy atom. The molecule has 18 heavy (non-hydrogen) atoms. The number of hydrogen-bond acceptors (Lipinski definition) is 2. The van der Waals surface area contributed by atoms with E-state index in [9.17, 15) is 4.79 Å². The Hall–Kier alpha value is -1.77. The van der Waals surface area contributed by atoms with Crippen LogP contribution in [0.1, 0.15) is 33.3 Å². The highest BCUT2D eigenvalue weighted by Gasteiger charge is 2.18. The molecule has 0 aromatic heterocycles. The second-order valence-electron chi connectivity index (χ2n) is 5.36. The summed E-state index contributed by atoms with van der Waals surface area (Å²) in [5.41, 5.74) is 1.81. The maximum Gasteiger partial charge on any atom is 0.328 e. The van der Waals surface area contributed by atoms with Gasteiger partial charge < -0.3 is 9.84 Å². The molecule has 0 fully saturated rings. The van der Waals surface area contributed by atoms with Crippen LogP contribution in [0.25, 0.3) is 0 Å². The molecule has 98 valence electrons. The summed E-state index contributed by atoms with van der Waals surface area (Å²) in [5, 5.41) is 8.63. The first kappa shape index (κ1) is 14.3. The summed E-state index contributed by atoms with van der Waals surface area (Å²) in [6.07, 6.45) is 1.17. The van der Waals surface area contributed by atoms with Crippen LogP contribution in [0.15, 0.2) is 35.9 Å². The Balaban J connectivity index is 2.83. The van der Waals surface area contributed by atoms with Gasteiger partial charge in [-0.2, -0.15) is 0 Å². The van der Waals surface area contributed by atoms with Crippen molar-refractivity contribution in [2.75, 3.05) is 6.61 Å². The molecule has 0 spiro atoms. The quantitative estimate of drug-likeness (QED) is 0.831. The highest BCUT2D eigenvalue weighted by molar-refractivity contribution is 5.80. The lowest BCUT2D eigenvalue weighted by atomic mass is 9.86. The third kappa shape index (κ3) is 4.24. The van der Waals surface area contributed by atoms with Gasteiger partial charge in [0.25, 0.3) is 0 Å². The van der Waals surface area contributed by atoms with Crippen molar-refractivity contribution in [3.63, 3.8) is 0 Å². The monoisotopic (exact) mass is 248 g/mol. The Labute approximate surface area is 108 Å². The molecule has 0 unspecified atom stereocenters. The highest BCUT2D eigenvalue weighted by Crippen LogP contribution is 2.31. The first-order valence-electron chi connectivity index (χ1n) is 5.93. The van der Waals surface area contributed by atoms with E-state index in [4.69, 9.17) is 9.84 Å². The van der Waals surface area contributed by atoms with Gasteiger partial charge in [-0.25, -0.2) is 4.79 Å². The second kappa shape index (κ2) is 5.71. The lowest BCUT2D eigenvalue weighted by molar-refractivity contribution is -0.131. The maximum atomic E-state index is 10.5. The van der Waals surface area contributed by atoms with Crippen LogP contribution in [-0.2, 0) is 10.2 Å². The highest BCUT2D eigenvalue weighted by atomic mass is 16.5. The fourth-order valence-electron chi connectivity index (χ4n) is 1.66. The molecular weight excluding hydrogens is 228 g/mol. The topological polar surface area (TPSA) is 46.5 Å². The van der Waals surface area contributed by atoms with Crippen LogP contribution in [0.2, 0.25) is 0 Å². The van der Waals surface area contributed by atoms with Crippen LogP contribution in [0.5, 0.6) is 5.75 Å². The average molecular weight is 248 g/mol. The van der Waals surface area contributed by atoms with Crippen LogP contribution in [0.4, 0.5) is 0 Å². The van der Waals surface area contributed by atoms with Crippen molar-refractivity contribution in [1.29, 1.82) is 0 Å². The molecule has 1 N–H and O–H groups in total. The molecule has 0 saturated carbocycles. The van der Waals surface area contributed by atoms with Crippen molar-refractivity contribution in [2.24, 2.45) is 0 Å². The molecule has 3 nitrogen and oxygen atoms in total. The molecule has 0 amide bonds. The molecule has 0 bridgehead atoms. The van der Waals surface area contributed by atoms with E-state index in [0.29, 0.717) is 12.2 Å². The first-order chi connectivity index (χ1) is 8.30. The third-order valence-corrected chi connectivity index (χ3v) is 2.52. The Kier molecular flexibility index (Phi) is 4.54. The van der Waals surface area contributed by atoms with E-state index in [-0.39, 0.29) is 5.41 Å². The summed E-state index contributed by atoms with van der Waals surface area (Å²) < 4.78 is 5.69. The largest absolute Gasteiger partial charge is 0.489 e. The van der Waals surface area contributed by atoms with E-state index in [2.05, 4.69) is 20.8 Å². The second-order valence-corrected chi connectivity index (χ2v) is 5.36. The number of carboxylic acid groups (broad SMARTS) is 1. The average Bonchev–Trinajstić information content (AvgIpc) is 2.24. The molecule has 1 rings (SSSR count). The maximum absolute atomic E-state index is 10.5. The standard InChI is InChI=1S/C15H20O3/c1-11(9-14(16)17)10-18-13-8-6-5-7-12(13)15(2,3)4/h5-9H,10H2,1-4H3,(H,16,17). The number of carboxylic acids is 1. The summed E-state index contributed by atoms with van der Waals surface area (Å²) in [6, 6.07) is 7.84. The number of benzene rings is 1. The molecular formula is C15H20O3. The van der Waals surface area contributed by atoms with E-state index in [1.807, 2.05) is 24.3 Å². The van der Waals surface area contributed by atoms with Crippen molar-refractivity contribution >= 4 is 5.97 Å². The van der Waals surface area contributed by atoms with Crippen molar-refractivity contribution in [1.82, 2.24) is 0 Å². The van der Waals surface area contributed by atoms with E-state index in [0.717, 1.165) is 11.3 Å². The van der Waals surface area contributed by atoms with Gasteiger partial charge in [0.1, 0.15) is 12.4 Å². The van der Waals surface area contributed by atoms with Crippen LogP contribution in [0, 0.1) is 0 Å². The molecule has 0 radical (unpaired) electrons. The normalized spacial score (nSPS) is 12.3. The van der Waals surface area contributed by atoms with Crippen molar-refractivity contribution in [3.05, 3.63) is 41.5 Å². The summed E-state index contributed by atoms with van der Waals surface area (Å²) >= 11 is 0. The summed E-state index contributed by atoms with van der Waals surface area (Å²) in [7, 11) is 0. The van der Waals surface area contributed by atoms with Crippen molar-refractivity contribution in [3.8, 4) is 5.75 Å². The first-order valence-corrected chi connectivity index (χ1v) is 5.93. The Morgan fingerprint density at radius 1 is 1.33 bits per heavy atom. The SMILES string of the molecule is CC(=CC(=O)O)COc1ccccc1C(C)(C)C.